The molecule has 108 valence electrons. The first-order valence-corrected chi connectivity index (χ1v) is 6.77. The van der Waals surface area contributed by atoms with Gasteiger partial charge in [-0.2, -0.15) is 0 Å². The minimum atomic E-state index is -0.707. The van der Waals surface area contributed by atoms with Gasteiger partial charge in [-0.15, -0.1) is 0 Å². The largest absolute Gasteiger partial charge is 0.481 e. The summed E-state index contributed by atoms with van der Waals surface area (Å²) in [6, 6.07) is 0. The van der Waals surface area contributed by atoms with Crippen LogP contribution in [0.2, 0.25) is 0 Å². The van der Waals surface area contributed by atoms with Gasteiger partial charge in [0.25, 0.3) is 0 Å². The van der Waals surface area contributed by atoms with Gasteiger partial charge in [-0.25, -0.2) is 15.0 Å². The molecule has 0 aliphatic heterocycles. The van der Waals surface area contributed by atoms with E-state index in [1.165, 1.54) is 6.33 Å². The summed E-state index contributed by atoms with van der Waals surface area (Å²) in [5.41, 5.74) is 7.06. The predicted molar refractivity (Wildman–Crippen MR) is 75.0 cm³/mol. The van der Waals surface area contributed by atoms with Crippen molar-refractivity contribution >= 4 is 23.0 Å². The van der Waals surface area contributed by atoms with Crippen molar-refractivity contribution in [2.45, 2.75) is 39.2 Å². The van der Waals surface area contributed by atoms with Crippen molar-refractivity contribution in [3.8, 4) is 0 Å². The highest BCUT2D eigenvalue weighted by Gasteiger charge is 2.14. The maximum absolute atomic E-state index is 10.9. The van der Waals surface area contributed by atoms with Crippen LogP contribution in [-0.4, -0.2) is 30.6 Å². The van der Waals surface area contributed by atoms with Crippen molar-refractivity contribution in [2.24, 2.45) is 5.92 Å². The van der Waals surface area contributed by atoms with E-state index in [-0.39, 0.29) is 5.92 Å². The monoisotopic (exact) mass is 277 g/mol. The fraction of sp³-hybridized carbons (Fsp3) is 0.538. The number of unbranched alkanes of at least 4 members (excludes halogenated alkanes) is 1. The number of nitrogens with zero attached hydrogens (tertiary/aromatic N) is 4. The lowest BCUT2D eigenvalue weighted by atomic mass is 9.99. The molecule has 1 unspecified atom stereocenters. The van der Waals surface area contributed by atoms with Gasteiger partial charge in [0.05, 0.1) is 12.2 Å². The molecule has 0 aliphatic carbocycles. The molecule has 0 saturated carbocycles. The highest BCUT2D eigenvalue weighted by atomic mass is 16.4. The topological polar surface area (TPSA) is 107 Å². The van der Waals surface area contributed by atoms with Crippen LogP contribution in [0.3, 0.4) is 0 Å². The molecule has 7 heteroatoms. The number of rotatable bonds is 7. The highest BCUT2D eigenvalue weighted by molar-refractivity contribution is 5.81. The van der Waals surface area contributed by atoms with Gasteiger partial charge < -0.3 is 15.4 Å². The van der Waals surface area contributed by atoms with E-state index in [4.69, 9.17) is 10.8 Å². The van der Waals surface area contributed by atoms with Gasteiger partial charge >= 0.3 is 5.97 Å². The Labute approximate surface area is 116 Å². The third-order valence-corrected chi connectivity index (χ3v) is 3.47. The van der Waals surface area contributed by atoms with Crippen molar-refractivity contribution in [1.29, 1.82) is 0 Å². The number of aryl methyl sites for hydroxylation is 1. The zero-order valence-electron chi connectivity index (χ0n) is 11.5. The minimum Gasteiger partial charge on any atom is -0.481 e. The molecule has 1 atom stereocenters. The van der Waals surface area contributed by atoms with E-state index in [0.29, 0.717) is 24.2 Å². The van der Waals surface area contributed by atoms with Crippen LogP contribution in [0.1, 0.15) is 32.6 Å². The van der Waals surface area contributed by atoms with Gasteiger partial charge in [0.2, 0.25) is 0 Å². The number of imidazole rings is 1. The molecular weight excluding hydrogens is 258 g/mol. The number of carboxylic acids is 1. The van der Waals surface area contributed by atoms with E-state index in [1.807, 2.05) is 11.5 Å². The number of carboxylic acid groups (broad SMARTS) is 1. The number of hydrogen-bond donors (Lipinski definition) is 2. The molecule has 2 heterocycles. The highest BCUT2D eigenvalue weighted by Crippen LogP contribution is 2.16. The summed E-state index contributed by atoms with van der Waals surface area (Å²) in [5, 5.41) is 8.98. The fourth-order valence-corrected chi connectivity index (χ4v) is 2.24. The SMILES string of the molecule is CCC(CCCCn1cnc2c(N)ncnc21)C(=O)O. The molecule has 20 heavy (non-hydrogen) atoms. The molecular formula is C13H19N5O2. The maximum atomic E-state index is 10.9. The Morgan fingerprint density at radius 1 is 1.40 bits per heavy atom. The number of carbonyl (C=O) groups is 1. The number of fused-ring (bicyclic) bond motifs is 1. The molecule has 0 fully saturated rings. The lowest BCUT2D eigenvalue weighted by Gasteiger charge is -2.09. The average molecular weight is 277 g/mol. The van der Waals surface area contributed by atoms with Gasteiger partial charge in [0.15, 0.2) is 11.5 Å². The normalized spacial score (nSPS) is 12.7. The van der Waals surface area contributed by atoms with E-state index in [2.05, 4.69) is 15.0 Å². The standard InChI is InChI=1S/C13H19N5O2/c1-2-9(13(19)20)5-3-4-6-18-8-17-10-11(14)15-7-16-12(10)18/h7-9H,2-6H2,1H3,(H,19,20)(H2,14,15,16). The van der Waals surface area contributed by atoms with E-state index in [1.54, 1.807) is 6.33 Å². The Morgan fingerprint density at radius 3 is 2.90 bits per heavy atom. The van der Waals surface area contributed by atoms with Crippen LogP contribution >= 0.6 is 0 Å². The molecule has 0 aliphatic rings. The van der Waals surface area contributed by atoms with Crippen LogP contribution in [0.25, 0.3) is 11.2 Å². The van der Waals surface area contributed by atoms with Crippen LogP contribution < -0.4 is 5.73 Å². The Morgan fingerprint density at radius 2 is 2.20 bits per heavy atom. The van der Waals surface area contributed by atoms with E-state index < -0.39 is 5.97 Å². The third-order valence-electron chi connectivity index (χ3n) is 3.47. The van der Waals surface area contributed by atoms with Crippen molar-refractivity contribution in [3.05, 3.63) is 12.7 Å². The van der Waals surface area contributed by atoms with Gasteiger partial charge in [0, 0.05) is 6.54 Å². The molecule has 3 N–H and O–H groups in total. The lowest BCUT2D eigenvalue weighted by molar-refractivity contribution is -0.142. The molecule has 2 aromatic heterocycles. The number of anilines is 1. The number of nitrogen functional groups attached to an aromatic ring is 1. The number of hydrogen-bond acceptors (Lipinski definition) is 5. The minimum absolute atomic E-state index is 0.243. The van der Waals surface area contributed by atoms with Crippen LogP contribution in [0.5, 0.6) is 0 Å². The first-order chi connectivity index (χ1) is 9.63. The first-order valence-electron chi connectivity index (χ1n) is 6.77. The summed E-state index contributed by atoms with van der Waals surface area (Å²) in [4.78, 5) is 23.2. The number of aromatic nitrogens is 4. The van der Waals surface area contributed by atoms with Crippen molar-refractivity contribution in [2.75, 3.05) is 5.73 Å². The van der Waals surface area contributed by atoms with Crippen molar-refractivity contribution in [1.82, 2.24) is 19.5 Å². The molecule has 0 amide bonds. The van der Waals surface area contributed by atoms with Gasteiger partial charge in [-0.05, 0) is 19.3 Å². The molecule has 0 aromatic carbocycles. The Hall–Kier alpha value is -2.18. The zero-order valence-corrected chi connectivity index (χ0v) is 11.5. The molecule has 0 radical (unpaired) electrons. The molecule has 0 saturated heterocycles. The Bertz CT molecular complexity index is 595. The van der Waals surface area contributed by atoms with E-state index in [0.717, 1.165) is 25.0 Å². The number of aliphatic carboxylic acids is 1. The van der Waals surface area contributed by atoms with Gasteiger partial charge in [-0.3, -0.25) is 4.79 Å². The summed E-state index contributed by atoms with van der Waals surface area (Å²) < 4.78 is 1.93. The second kappa shape index (κ2) is 6.31. The Kier molecular flexibility index (Phi) is 4.49. The average Bonchev–Trinajstić information content (AvgIpc) is 2.83. The molecule has 0 spiro atoms. The summed E-state index contributed by atoms with van der Waals surface area (Å²) in [5.74, 6) is -0.570. The maximum Gasteiger partial charge on any atom is 0.306 e. The van der Waals surface area contributed by atoms with Crippen molar-refractivity contribution < 1.29 is 9.90 Å². The molecule has 0 bridgehead atoms. The van der Waals surface area contributed by atoms with Gasteiger partial charge in [0.1, 0.15) is 11.8 Å². The molecule has 2 aromatic rings. The summed E-state index contributed by atoms with van der Waals surface area (Å²) in [6.07, 6.45) is 6.25. The Balaban J connectivity index is 1.90. The van der Waals surface area contributed by atoms with Crippen LogP contribution in [-0.2, 0) is 11.3 Å². The van der Waals surface area contributed by atoms with E-state index in [9.17, 15) is 4.79 Å². The second-order valence-electron chi connectivity index (χ2n) is 4.81. The van der Waals surface area contributed by atoms with Crippen LogP contribution in [0.15, 0.2) is 12.7 Å². The summed E-state index contributed by atoms with van der Waals surface area (Å²) in [7, 11) is 0. The van der Waals surface area contributed by atoms with E-state index >= 15 is 0 Å². The lowest BCUT2D eigenvalue weighted by Crippen LogP contribution is -2.12. The smallest absolute Gasteiger partial charge is 0.306 e. The fourth-order valence-electron chi connectivity index (χ4n) is 2.24. The number of nitrogens with two attached hydrogens (primary N) is 1. The molecule has 2 rings (SSSR count). The predicted octanol–water partition coefficient (Wildman–Crippen LogP) is 1.69. The first kappa shape index (κ1) is 14.2. The third kappa shape index (κ3) is 3.04. The second-order valence-corrected chi connectivity index (χ2v) is 4.81. The quantitative estimate of drug-likeness (QED) is 0.746. The molecule has 7 nitrogen and oxygen atoms in total. The van der Waals surface area contributed by atoms with Crippen molar-refractivity contribution in [3.63, 3.8) is 0 Å². The van der Waals surface area contributed by atoms with Gasteiger partial charge in [-0.1, -0.05) is 13.3 Å². The summed E-state index contributed by atoms with van der Waals surface area (Å²) >= 11 is 0. The van der Waals surface area contributed by atoms with Crippen LogP contribution in [0, 0.1) is 5.92 Å². The van der Waals surface area contributed by atoms with Crippen LogP contribution in [0.4, 0.5) is 5.82 Å². The summed E-state index contributed by atoms with van der Waals surface area (Å²) in [6.45, 7) is 2.66. The zero-order chi connectivity index (χ0) is 14.5.